The number of fused-ring (bicyclic) bond motifs is 1. The van der Waals surface area contributed by atoms with E-state index in [4.69, 9.17) is 15.2 Å². The zero-order valence-electron chi connectivity index (χ0n) is 10.2. The van der Waals surface area contributed by atoms with E-state index in [0.717, 1.165) is 31.1 Å². The van der Waals surface area contributed by atoms with Gasteiger partial charge >= 0.3 is 0 Å². The second kappa shape index (κ2) is 4.22. The van der Waals surface area contributed by atoms with Crippen LogP contribution in [0.15, 0.2) is 12.1 Å². The van der Waals surface area contributed by atoms with Crippen molar-refractivity contribution >= 4 is 0 Å². The number of benzene rings is 1. The summed E-state index contributed by atoms with van der Waals surface area (Å²) in [6.45, 7) is 4.33. The van der Waals surface area contributed by atoms with Crippen molar-refractivity contribution in [3.8, 4) is 11.5 Å². The minimum atomic E-state index is 0.596. The zero-order chi connectivity index (χ0) is 11.8. The van der Waals surface area contributed by atoms with Crippen LogP contribution in [0.1, 0.15) is 30.4 Å². The van der Waals surface area contributed by atoms with Crippen LogP contribution in [-0.2, 0) is 6.42 Å². The first kappa shape index (κ1) is 10.9. The Morgan fingerprint density at radius 3 is 3.06 bits per heavy atom. The minimum Gasteiger partial charge on any atom is -0.494 e. The first-order valence-corrected chi connectivity index (χ1v) is 6.46. The quantitative estimate of drug-likeness (QED) is 0.866. The second-order valence-corrected chi connectivity index (χ2v) is 4.82. The maximum atomic E-state index is 5.76. The minimum absolute atomic E-state index is 0.596. The summed E-state index contributed by atoms with van der Waals surface area (Å²) in [7, 11) is 0. The van der Waals surface area contributed by atoms with Gasteiger partial charge in [-0.05, 0) is 43.9 Å². The van der Waals surface area contributed by atoms with Gasteiger partial charge in [0.25, 0.3) is 0 Å². The molecule has 1 heterocycles. The molecule has 0 bridgehead atoms. The summed E-state index contributed by atoms with van der Waals surface area (Å²) in [4.78, 5) is 0. The molecule has 0 saturated heterocycles. The molecule has 1 aromatic rings. The smallest absolute Gasteiger partial charge is 0.123 e. The SMILES string of the molecule is CCOc1ccc2c(c1[C@H]1C[C@@H]1CN)CCO2. The van der Waals surface area contributed by atoms with Gasteiger partial charge in [-0.2, -0.15) is 0 Å². The Bertz CT molecular complexity index is 430. The third-order valence-corrected chi connectivity index (χ3v) is 3.78. The second-order valence-electron chi connectivity index (χ2n) is 4.82. The molecule has 2 atom stereocenters. The van der Waals surface area contributed by atoms with Crippen molar-refractivity contribution in [3.63, 3.8) is 0 Å². The Balaban J connectivity index is 2.00. The summed E-state index contributed by atoms with van der Waals surface area (Å²) in [5, 5.41) is 0. The first-order valence-electron chi connectivity index (χ1n) is 6.46. The van der Waals surface area contributed by atoms with E-state index in [1.807, 2.05) is 13.0 Å². The van der Waals surface area contributed by atoms with E-state index >= 15 is 0 Å². The molecule has 1 aliphatic heterocycles. The molecule has 0 amide bonds. The lowest BCUT2D eigenvalue weighted by molar-refractivity contribution is 0.334. The summed E-state index contributed by atoms with van der Waals surface area (Å²) in [5.74, 6) is 3.32. The lowest BCUT2D eigenvalue weighted by Gasteiger charge is -2.13. The molecule has 1 aliphatic carbocycles. The van der Waals surface area contributed by atoms with E-state index < -0.39 is 0 Å². The Kier molecular flexibility index (Phi) is 2.71. The van der Waals surface area contributed by atoms with Gasteiger partial charge in [0.2, 0.25) is 0 Å². The van der Waals surface area contributed by atoms with Crippen molar-refractivity contribution in [1.29, 1.82) is 0 Å². The predicted octanol–water partition coefficient (Wildman–Crippen LogP) is 2.08. The van der Waals surface area contributed by atoms with Gasteiger partial charge in [0.05, 0.1) is 13.2 Å². The summed E-state index contributed by atoms with van der Waals surface area (Å²) < 4.78 is 11.4. The predicted molar refractivity (Wildman–Crippen MR) is 66.7 cm³/mol. The molecule has 92 valence electrons. The van der Waals surface area contributed by atoms with Gasteiger partial charge in [0, 0.05) is 17.5 Å². The third kappa shape index (κ3) is 1.78. The zero-order valence-corrected chi connectivity index (χ0v) is 10.2. The van der Waals surface area contributed by atoms with Gasteiger partial charge in [-0.15, -0.1) is 0 Å². The number of hydrogen-bond donors (Lipinski definition) is 1. The van der Waals surface area contributed by atoms with Crippen LogP contribution in [-0.4, -0.2) is 19.8 Å². The van der Waals surface area contributed by atoms with Crippen LogP contribution < -0.4 is 15.2 Å². The average Bonchev–Trinajstić information content (AvgIpc) is 2.96. The third-order valence-electron chi connectivity index (χ3n) is 3.78. The molecule has 0 aromatic heterocycles. The molecule has 17 heavy (non-hydrogen) atoms. The van der Waals surface area contributed by atoms with Crippen molar-refractivity contribution in [2.75, 3.05) is 19.8 Å². The van der Waals surface area contributed by atoms with Crippen molar-refractivity contribution < 1.29 is 9.47 Å². The highest BCUT2D eigenvalue weighted by atomic mass is 16.5. The summed E-state index contributed by atoms with van der Waals surface area (Å²) in [6, 6.07) is 4.09. The Hall–Kier alpha value is -1.22. The van der Waals surface area contributed by atoms with E-state index in [1.165, 1.54) is 17.5 Å². The fourth-order valence-corrected chi connectivity index (χ4v) is 2.83. The highest BCUT2D eigenvalue weighted by molar-refractivity contribution is 5.54. The highest BCUT2D eigenvalue weighted by Crippen LogP contribution is 2.53. The van der Waals surface area contributed by atoms with Crippen LogP contribution >= 0.6 is 0 Å². The molecule has 2 N–H and O–H groups in total. The maximum Gasteiger partial charge on any atom is 0.123 e. The van der Waals surface area contributed by atoms with Crippen molar-refractivity contribution in [3.05, 3.63) is 23.3 Å². The van der Waals surface area contributed by atoms with E-state index in [2.05, 4.69) is 6.07 Å². The molecule has 3 heteroatoms. The lowest BCUT2D eigenvalue weighted by atomic mass is 9.98. The summed E-state index contributed by atoms with van der Waals surface area (Å²) in [6.07, 6.45) is 2.21. The monoisotopic (exact) mass is 233 g/mol. The maximum absolute atomic E-state index is 5.76. The van der Waals surface area contributed by atoms with E-state index in [-0.39, 0.29) is 0 Å². The molecule has 1 aromatic carbocycles. The molecular weight excluding hydrogens is 214 g/mol. The average molecular weight is 233 g/mol. The normalized spacial score (nSPS) is 25.3. The lowest BCUT2D eigenvalue weighted by Crippen LogP contribution is -2.04. The van der Waals surface area contributed by atoms with Gasteiger partial charge < -0.3 is 15.2 Å². The summed E-state index contributed by atoms with van der Waals surface area (Å²) in [5.41, 5.74) is 8.49. The van der Waals surface area contributed by atoms with Crippen molar-refractivity contribution in [2.24, 2.45) is 11.7 Å². The fourth-order valence-electron chi connectivity index (χ4n) is 2.83. The molecule has 0 unspecified atom stereocenters. The molecule has 0 radical (unpaired) electrons. The molecule has 1 fully saturated rings. The van der Waals surface area contributed by atoms with E-state index in [0.29, 0.717) is 18.4 Å². The van der Waals surface area contributed by atoms with Gasteiger partial charge in [-0.25, -0.2) is 0 Å². The molecule has 0 spiro atoms. The molecule has 2 aliphatic rings. The highest BCUT2D eigenvalue weighted by Gasteiger charge is 2.41. The molecule has 1 saturated carbocycles. The van der Waals surface area contributed by atoms with Crippen LogP contribution in [0, 0.1) is 5.92 Å². The van der Waals surface area contributed by atoms with Crippen molar-refractivity contribution in [2.45, 2.75) is 25.7 Å². The van der Waals surface area contributed by atoms with Gasteiger partial charge in [-0.1, -0.05) is 0 Å². The van der Waals surface area contributed by atoms with E-state index in [9.17, 15) is 0 Å². The summed E-state index contributed by atoms with van der Waals surface area (Å²) >= 11 is 0. The standard InChI is InChI=1S/C14H19NO2/c1-2-16-13-4-3-12-10(5-6-17-12)14(13)11-7-9(11)8-15/h3-4,9,11H,2,5-8,15H2,1H3/t9-,11+/m1/s1. The van der Waals surface area contributed by atoms with Crippen LogP contribution in [0.5, 0.6) is 11.5 Å². The number of ether oxygens (including phenoxy) is 2. The van der Waals surface area contributed by atoms with Gasteiger partial charge in [0.1, 0.15) is 11.5 Å². The Morgan fingerprint density at radius 1 is 1.47 bits per heavy atom. The van der Waals surface area contributed by atoms with Crippen LogP contribution in [0.4, 0.5) is 0 Å². The molecule has 3 nitrogen and oxygen atoms in total. The number of nitrogens with two attached hydrogens (primary N) is 1. The van der Waals surface area contributed by atoms with Crippen LogP contribution in [0.25, 0.3) is 0 Å². The van der Waals surface area contributed by atoms with Gasteiger partial charge in [0.15, 0.2) is 0 Å². The molecular formula is C14H19NO2. The first-order chi connectivity index (χ1) is 8.35. The molecule has 3 rings (SSSR count). The number of rotatable bonds is 4. The largest absolute Gasteiger partial charge is 0.494 e. The Labute approximate surface area is 102 Å². The van der Waals surface area contributed by atoms with Gasteiger partial charge in [-0.3, -0.25) is 0 Å². The van der Waals surface area contributed by atoms with E-state index in [1.54, 1.807) is 0 Å². The fraction of sp³-hybridized carbons (Fsp3) is 0.571. The van der Waals surface area contributed by atoms with Crippen LogP contribution in [0.2, 0.25) is 0 Å². The number of hydrogen-bond acceptors (Lipinski definition) is 3. The Morgan fingerprint density at radius 2 is 2.35 bits per heavy atom. The topological polar surface area (TPSA) is 44.5 Å². The van der Waals surface area contributed by atoms with Crippen LogP contribution in [0.3, 0.4) is 0 Å². The van der Waals surface area contributed by atoms with Crippen molar-refractivity contribution in [1.82, 2.24) is 0 Å².